The van der Waals surface area contributed by atoms with E-state index in [1.165, 1.54) is 6.07 Å². The first-order chi connectivity index (χ1) is 12.9. The van der Waals surface area contributed by atoms with Crippen molar-refractivity contribution in [2.45, 2.75) is 46.2 Å². The van der Waals surface area contributed by atoms with Crippen LogP contribution in [0.2, 0.25) is 0 Å². The summed E-state index contributed by atoms with van der Waals surface area (Å²) in [4.78, 5) is 29.1. The molecule has 0 radical (unpaired) electrons. The van der Waals surface area contributed by atoms with Gasteiger partial charge < -0.3 is 15.5 Å². The zero-order valence-corrected chi connectivity index (χ0v) is 16.3. The van der Waals surface area contributed by atoms with Crippen LogP contribution in [0.3, 0.4) is 0 Å². The Morgan fingerprint density at radius 3 is 2.67 bits per heavy atom. The third-order valence-electron chi connectivity index (χ3n) is 4.53. The molecule has 27 heavy (non-hydrogen) atoms. The van der Waals surface area contributed by atoms with Gasteiger partial charge in [-0.05, 0) is 25.3 Å². The highest BCUT2D eigenvalue weighted by Crippen LogP contribution is 2.15. The molecule has 0 atom stereocenters. The Balaban J connectivity index is 1.93. The lowest BCUT2D eigenvalue weighted by Crippen LogP contribution is -2.50. The first-order valence-electron chi connectivity index (χ1n) is 9.47. The van der Waals surface area contributed by atoms with Gasteiger partial charge >= 0.3 is 0 Å². The van der Waals surface area contributed by atoms with E-state index in [-0.39, 0.29) is 23.6 Å². The summed E-state index contributed by atoms with van der Waals surface area (Å²) >= 11 is 0. The van der Waals surface area contributed by atoms with Crippen molar-refractivity contribution in [3.63, 3.8) is 0 Å². The minimum Gasteiger partial charge on any atom is -0.357 e. The molecule has 1 fully saturated rings. The van der Waals surface area contributed by atoms with E-state index in [1.807, 2.05) is 31.7 Å². The van der Waals surface area contributed by atoms with E-state index in [4.69, 9.17) is 0 Å². The fourth-order valence-electron chi connectivity index (χ4n) is 3.06. The van der Waals surface area contributed by atoms with Gasteiger partial charge in [-0.15, -0.1) is 0 Å². The second-order valence-electron chi connectivity index (χ2n) is 7.02. The van der Waals surface area contributed by atoms with Gasteiger partial charge in [0.05, 0.1) is 11.5 Å². The number of aliphatic imine (C=N–C) groups is 1. The summed E-state index contributed by atoms with van der Waals surface area (Å²) in [5.74, 6) is 0.931. The molecule has 2 N–H and O–H groups in total. The highest BCUT2D eigenvalue weighted by Gasteiger charge is 2.24. The number of rotatable bonds is 6. The standard InChI is InChI=1S/C19H29N5O3/c1-4-20-19(21-13-15-6-5-7-17(12-15)24(26)27)22-16-8-10-23(11-9-16)18(25)14(2)3/h5-7,12,14,16H,4,8-11,13H2,1-3H3,(H2,20,21,22). The summed E-state index contributed by atoms with van der Waals surface area (Å²) in [6, 6.07) is 6.77. The van der Waals surface area contributed by atoms with E-state index in [0.29, 0.717) is 12.5 Å². The zero-order chi connectivity index (χ0) is 19.8. The number of nitro groups is 1. The number of carbonyl (C=O) groups excluding carboxylic acids is 1. The normalized spacial score (nSPS) is 15.7. The molecule has 0 saturated carbocycles. The van der Waals surface area contributed by atoms with Crippen molar-refractivity contribution in [3.8, 4) is 0 Å². The molecule has 2 rings (SSSR count). The number of nitrogens with zero attached hydrogens (tertiary/aromatic N) is 3. The third-order valence-corrected chi connectivity index (χ3v) is 4.53. The largest absolute Gasteiger partial charge is 0.357 e. The average Bonchev–Trinajstić information content (AvgIpc) is 2.66. The molecule has 1 amide bonds. The lowest BCUT2D eigenvalue weighted by Gasteiger charge is -2.34. The van der Waals surface area contributed by atoms with E-state index in [2.05, 4.69) is 15.6 Å². The van der Waals surface area contributed by atoms with E-state index in [0.717, 1.165) is 38.0 Å². The van der Waals surface area contributed by atoms with Crippen LogP contribution < -0.4 is 10.6 Å². The summed E-state index contributed by atoms with van der Waals surface area (Å²) in [7, 11) is 0. The van der Waals surface area contributed by atoms with E-state index >= 15 is 0 Å². The molecule has 0 aromatic heterocycles. The van der Waals surface area contributed by atoms with Crippen molar-refractivity contribution >= 4 is 17.6 Å². The summed E-state index contributed by atoms with van der Waals surface area (Å²) in [5.41, 5.74) is 0.863. The van der Waals surface area contributed by atoms with E-state index < -0.39 is 4.92 Å². The molecule has 1 aromatic rings. The Morgan fingerprint density at radius 2 is 2.07 bits per heavy atom. The lowest BCUT2D eigenvalue weighted by atomic mass is 10.0. The van der Waals surface area contributed by atoms with Crippen LogP contribution in [0, 0.1) is 16.0 Å². The van der Waals surface area contributed by atoms with Crippen molar-refractivity contribution in [2.75, 3.05) is 19.6 Å². The molecule has 1 aliphatic heterocycles. The number of nitro benzene ring substituents is 1. The predicted octanol–water partition coefficient (Wildman–Crippen LogP) is 2.30. The minimum atomic E-state index is -0.400. The average molecular weight is 375 g/mol. The van der Waals surface area contributed by atoms with Crippen molar-refractivity contribution < 1.29 is 9.72 Å². The smallest absolute Gasteiger partial charge is 0.269 e. The Labute approximate surface area is 160 Å². The Hall–Kier alpha value is -2.64. The molecule has 0 spiro atoms. The Morgan fingerprint density at radius 1 is 1.37 bits per heavy atom. The van der Waals surface area contributed by atoms with E-state index in [9.17, 15) is 14.9 Å². The maximum Gasteiger partial charge on any atom is 0.269 e. The number of hydrogen-bond acceptors (Lipinski definition) is 4. The van der Waals surface area contributed by atoms with Gasteiger partial charge in [0.1, 0.15) is 0 Å². The van der Waals surface area contributed by atoms with Gasteiger partial charge in [0.25, 0.3) is 5.69 Å². The molecule has 8 heteroatoms. The number of guanidine groups is 1. The molecule has 148 valence electrons. The van der Waals surface area contributed by atoms with Crippen LogP contribution in [-0.2, 0) is 11.3 Å². The van der Waals surface area contributed by atoms with E-state index in [1.54, 1.807) is 12.1 Å². The molecule has 1 aromatic carbocycles. The first kappa shape index (κ1) is 20.7. The second-order valence-corrected chi connectivity index (χ2v) is 7.02. The van der Waals surface area contributed by atoms with Crippen LogP contribution >= 0.6 is 0 Å². The van der Waals surface area contributed by atoms with Crippen LogP contribution in [0.1, 0.15) is 39.2 Å². The van der Waals surface area contributed by atoms with Crippen LogP contribution in [0.15, 0.2) is 29.3 Å². The highest BCUT2D eigenvalue weighted by atomic mass is 16.6. The van der Waals surface area contributed by atoms with Gasteiger partial charge in [0.2, 0.25) is 5.91 Å². The van der Waals surface area contributed by atoms with Crippen molar-refractivity contribution in [1.29, 1.82) is 0 Å². The second kappa shape index (κ2) is 9.89. The van der Waals surface area contributed by atoms with Gasteiger partial charge in [-0.25, -0.2) is 4.99 Å². The summed E-state index contributed by atoms with van der Waals surface area (Å²) < 4.78 is 0. The molecule has 8 nitrogen and oxygen atoms in total. The fraction of sp³-hybridized carbons (Fsp3) is 0.579. The third kappa shape index (κ3) is 6.23. The fourth-order valence-corrected chi connectivity index (χ4v) is 3.06. The highest BCUT2D eigenvalue weighted by molar-refractivity contribution is 5.80. The van der Waals surface area contributed by atoms with Crippen LogP contribution in [0.5, 0.6) is 0 Å². The summed E-state index contributed by atoms with van der Waals surface area (Å²) in [6.45, 7) is 8.44. The molecular weight excluding hydrogens is 346 g/mol. The molecule has 0 aliphatic carbocycles. The summed E-state index contributed by atoms with van der Waals surface area (Å²) in [6.07, 6.45) is 1.75. The van der Waals surface area contributed by atoms with Crippen molar-refractivity contribution in [1.82, 2.24) is 15.5 Å². The first-order valence-corrected chi connectivity index (χ1v) is 9.47. The van der Waals surface area contributed by atoms with Gasteiger partial charge in [0.15, 0.2) is 5.96 Å². The monoisotopic (exact) mass is 375 g/mol. The molecule has 1 heterocycles. The SMILES string of the molecule is CCNC(=NCc1cccc([N+](=O)[O-])c1)NC1CCN(C(=O)C(C)C)CC1. The molecule has 0 unspecified atom stereocenters. The van der Waals surface area contributed by atoms with Crippen LogP contribution in [0.4, 0.5) is 5.69 Å². The van der Waals surface area contributed by atoms with Crippen LogP contribution in [-0.4, -0.2) is 47.4 Å². The predicted molar refractivity (Wildman–Crippen MR) is 105 cm³/mol. The minimum absolute atomic E-state index is 0.0309. The Bertz CT molecular complexity index is 682. The topological polar surface area (TPSA) is 99.9 Å². The van der Waals surface area contributed by atoms with Gasteiger partial charge in [0, 0.05) is 43.7 Å². The van der Waals surface area contributed by atoms with Crippen molar-refractivity contribution in [2.24, 2.45) is 10.9 Å². The number of nitrogens with one attached hydrogen (secondary N) is 2. The quantitative estimate of drug-likeness (QED) is 0.344. The van der Waals surface area contributed by atoms with Crippen molar-refractivity contribution in [3.05, 3.63) is 39.9 Å². The number of piperidine rings is 1. The maximum absolute atomic E-state index is 12.1. The van der Waals surface area contributed by atoms with Gasteiger partial charge in [-0.1, -0.05) is 26.0 Å². The molecular formula is C19H29N5O3. The zero-order valence-electron chi connectivity index (χ0n) is 16.3. The number of non-ortho nitro benzene ring substituents is 1. The Kier molecular flexibility index (Phi) is 7.57. The maximum atomic E-state index is 12.1. The molecule has 1 aliphatic rings. The number of carbonyl (C=O) groups is 1. The molecule has 0 bridgehead atoms. The summed E-state index contributed by atoms with van der Waals surface area (Å²) in [5, 5.41) is 17.5. The number of hydrogen-bond donors (Lipinski definition) is 2. The van der Waals surface area contributed by atoms with Gasteiger partial charge in [-0.2, -0.15) is 0 Å². The van der Waals surface area contributed by atoms with Gasteiger partial charge in [-0.3, -0.25) is 14.9 Å². The lowest BCUT2D eigenvalue weighted by molar-refractivity contribution is -0.384. The number of amides is 1. The van der Waals surface area contributed by atoms with Crippen LogP contribution in [0.25, 0.3) is 0 Å². The number of likely N-dealkylation sites (tertiary alicyclic amines) is 1. The number of benzene rings is 1. The molecule has 1 saturated heterocycles.